The summed E-state index contributed by atoms with van der Waals surface area (Å²) < 4.78 is 0. The number of amides is 1. The van der Waals surface area contributed by atoms with Crippen molar-refractivity contribution in [2.24, 2.45) is 11.7 Å². The zero-order chi connectivity index (χ0) is 12.8. The van der Waals surface area contributed by atoms with Crippen LogP contribution in [-0.2, 0) is 4.79 Å². The van der Waals surface area contributed by atoms with Gasteiger partial charge in [-0.1, -0.05) is 12.2 Å². The third-order valence-electron chi connectivity index (χ3n) is 3.11. The number of thiocarbonyl (C=S) groups is 1. The highest BCUT2D eigenvalue weighted by Crippen LogP contribution is 2.08. The van der Waals surface area contributed by atoms with Crippen molar-refractivity contribution in [3.05, 3.63) is 0 Å². The van der Waals surface area contributed by atoms with Crippen molar-refractivity contribution in [1.82, 2.24) is 9.80 Å². The number of aliphatic hydroxyl groups is 1. The molecule has 0 bridgehead atoms. The number of carbonyl (C=O) groups is 1. The topological polar surface area (TPSA) is 69.8 Å². The smallest absolute Gasteiger partial charge is 0.232 e. The van der Waals surface area contributed by atoms with Gasteiger partial charge in [0.1, 0.15) is 0 Å². The number of hydrogen-bond donors (Lipinski definition) is 2. The molecule has 1 heterocycles. The maximum absolute atomic E-state index is 12.0. The average Bonchev–Trinajstić information content (AvgIpc) is 2.53. The van der Waals surface area contributed by atoms with E-state index in [1.165, 1.54) is 0 Å². The minimum atomic E-state index is -0.380. The Morgan fingerprint density at radius 3 is 2.71 bits per heavy atom. The molecular weight excluding hydrogens is 238 g/mol. The van der Waals surface area contributed by atoms with E-state index < -0.39 is 0 Å². The van der Waals surface area contributed by atoms with E-state index in [2.05, 4.69) is 4.90 Å². The fourth-order valence-corrected chi connectivity index (χ4v) is 2.05. The van der Waals surface area contributed by atoms with Crippen molar-refractivity contribution in [2.75, 3.05) is 39.3 Å². The molecule has 6 heteroatoms. The molecule has 1 rings (SSSR count). The first-order chi connectivity index (χ1) is 8.06. The van der Waals surface area contributed by atoms with Crippen molar-refractivity contribution >= 4 is 23.1 Å². The quantitative estimate of drug-likeness (QED) is 0.662. The lowest BCUT2D eigenvalue weighted by Gasteiger charge is -2.24. The van der Waals surface area contributed by atoms with Crippen molar-refractivity contribution < 1.29 is 9.90 Å². The van der Waals surface area contributed by atoms with E-state index in [0.29, 0.717) is 13.1 Å². The number of hydrogen-bond acceptors (Lipinski definition) is 4. The van der Waals surface area contributed by atoms with Crippen molar-refractivity contribution in [3.63, 3.8) is 0 Å². The highest BCUT2D eigenvalue weighted by atomic mass is 32.1. The molecule has 0 radical (unpaired) electrons. The molecule has 1 saturated heterocycles. The number of aliphatic hydroxyl groups excluding tert-OH is 1. The minimum Gasteiger partial charge on any atom is -0.395 e. The predicted molar refractivity (Wildman–Crippen MR) is 70.7 cm³/mol. The molecule has 0 aromatic heterocycles. The molecule has 1 unspecified atom stereocenters. The molecule has 0 aromatic carbocycles. The predicted octanol–water partition coefficient (Wildman–Crippen LogP) is -0.565. The highest BCUT2D eigenvalue weighted by Gasteiger charge is 2.24. The summed E-state index contributed by atoms with van der Waals surface area (Å²) in [6.45, 7) is 5.74. The first-order valence-electron chi connectivity index (χ1n) is 5.97. The molecule has 1 aliphatic heterocycles. The van der Waals surface area contributed by atoms with Crippen LogP contribution in [0, 0.1) is 5.92 Å². The van der Waals surface area contributed by atoms with Gasteiger partial charge >= 0.3 is 0 Å². The largest absolute Gasteiger partial charge is 0.395 e. The Labute approximate surface area is 108 Å². The SMILES string of the molecule is CC(C(=O)N1CCCN(CCO)CC1)C(N)=S. The molecule has 5 nitrogen and oxygen atoms in total. The normalized spacial score (nSPS) is 19.8. The van der Waals surface area contributed by atoms with E-state index in [9.17, 15) is 4.79 Å². The fourth-order valence-electron chi connectivity index (χ4n) is 1.95. The number of rotatable bonds is 4. The Morgan fingerprint density at radius 1 is 1.41 bits per heavy atom. The lowest BCUT2D eigenvalue weighted by atomic mass is 10.1. The Morgan fingerprint density at radius 2 is 2.12 bits per heavy atom. The lowest BCUT2D eigenvalue weighted by Crippen LogP contribution is -2.42. The summed E-state index contributed by atoms with van der Waals surface area (Å²) in [6.07, 6.45) is 0.926. The molecule has 1 atom stereocenters. The van der Waals surface area contributed by atoms with E-state index in [-0.39, 0.29) is 23.4 Å². The Balaban J connectivity index is 2.50. The van der Waals surface area contributed by atoms with Crippen LogP contribution in [-0.4, -0.2) is 65.1 Å². The second-order valence-corrected chi connectivity index (χ2v) is 4.84. The molecule has 98 valence electrons. The fraction of sp³-hybridized carbons (Fsp3) is 0.818. The van der Waals surface area contributed by atoms with Crippen LogP contribution in [0.25, 0.3) is 0 Å². The number of nitrogens with two attached hydrogens (primary N) is 1. The van der Waals surface area contributed by atoms with Crippen LogP contribution < -0.4 is 5.73 Å². The molecule has 1 amide bonds. The zero-order valence-corrected chi connectivity index (χ0v) is 11.1. The van der Waals surface area contributed by atoms with Gasteiger partial charge in [0, 0.05) is 26.2 Å². The summed E-state index contributed by atoms with van der Waals surface area (Å²) in [6, 6.07) is 0. The number of nitrogens with zero attached hydrogens (tertiary/aromatic N) is 2. The van der Waals surface area contributed by atoms with Gasteiger partial charge in [-0.2, -0.15) is 0 Å². The van der Waals surface area contributed by atoms with Gasteiger partial charge in [0.15, 0.2) is 0 Å². The van der Waals surface area contributed by atoms with Crippen LogP contribution in [0.2, 0.25) is 0 Å². The Bertz CT molecular complexity index is 286. The summed E-state index contributed by atoms with van der Waals surface area (Å²) >= 11 is 4.85. The molecule has 0 spiro atoms. The lowest BCUT2D eigenvalue weighted by molar-refractivity contribution is -0.132. The average molecular weight is 259 g/mol. The van der Waals surface area contributed by atoms with Crippen molar-refractivity contribution in [2.45, 2.75) is 13.3 Å². The van der Waals surface area contributed by atoms with Gasteiger partial charge < -0.3 is 15.7 Å². The van der Waals surface area contributed by atoms with Crippen LogP contribution in [0.3, 0.4) is 0 Å². The van der Waals surface area contributed by atoms with Crippen LogP contribution in [0.4, 0.5) is 0 Å². The first-order valence-corrected chi connectivity index (χ1v) is 6.38. The van der Waals surface area contributed by atoms with Crippen LogP contribution in [0.1, 0.15) is 13.3 Å². The summed E-state index contributed by atoms with van der Waals surface area (Å²) in [5.74, 6) is -0.363. The maximum Gasteiger partial charge on any atom is 0.232 e. The van der Waals surface area contributed by atoms with Gasteiger partial charge in [-0.05, 0) is 19.9 Å². The third kappa shape index (κ3) is 4.22. The monoisotopic (exact) mass is 259 g/mol. The van der Waals surface area contributed by atoms with Gasteiger partial charge in [0.05, 0.1) is 17.5 Å². The van der Waals surface area contributed by atoms with Gasteiger partial charge in [-0.25, -0.2) is 0 Å². The summed E-state index contributed by atoms with van der Waals surface area (Å²) in [5.41, 5.74) is 5.50. The first kappa shape index (κ1) is 14.3. The van der Waals surface area contributed by atoms with Crippen molar-refractivity contribution in [1.29, 1.82) is 0 Å². The molecule has 1 fully saturated rings. The van der Waals surface area contributed by atoms with Crippen LogP contribution >= 0.6 is 12.2 Å². The van der Waals surface area contributed by atoms with Gasteiger partial charge in [-0.3, -0.25) is 9.69 Å². The summed E-state index contributed by atoms with van der Waals surface area (Å²) in [5, 5.41) is 8.89. The second kappa shape index (κ2) is 6.88. The van der Waals surface area contributed by atoms with E-state index in [0.717, 1.165) is 26.1 Å². The summed E-state index contributed by atoms with van der Waals surface area (Å²) in [4.78, 5) is 16.3. The second-order valence-electron chi connectivity index (χ2n) is 4.37. The van der Waals surface area contributed by atoms with E-state index in [1.54, 1.807) is 6.92 Å². The molecule has 0 aliphatic carbocycles. The van der Waals surface area contributed by atoms with Crippen LogP contribution in [0.5, 0.6) is 0 Å². The maximum atomic E-state index is 12.0. The Hall–Kier alpha value is -0.720. The van der Waals surface area contributed by atoms with Crippen molar-refractivity contribution in [3.8, 4) is 0 Å². The number of β-amino-alcohol motifs (C(OH)–C–C–N with tert-alkyl or cyclic N) is 1. The van der Waals surface area contributed by atoms with Gasteiger partial charge in [0.25, 0.3) is 0 Å². The van der Waals surface area contributed by atoms with Gasteiger partial charge in [0.2, 0.25) is 5.91 Å². The molecule has 0 aromatic rings. The minimum absolute atomic E-state index is 0.0170. The number of carbonyl (C=O) groups excluding carboxylic acids is 1. The third-order valence-corrected chi connectivity index (χ3v) is 3.47. The van der Waals surface area contributed by atoms with Crippen LogP contribution in [0.15, 0.2) is 0 Å². The van der Waals surface area contributed by atoms with Gasteiger partial charge in [-0.15, -0.1) is 0 Å². The summed E-state index contributed by atoms with van der Waals surface area (Å²) in [7, 11) is 0. The molecule has 3 N–H and O–H groups in total. The molecule has 1 aliphatic rings. The van der Waals surface area contributed by atoms with E-state index in [4.69, 9.17) is 23.1 Å². The molecule has 17 heavy (non-hydrogen) atoms. The van der Waals surface area contributed by atoms with E-state index >= 15 is 0 Å². The standard InChI is InChI=1S/C11H21N3O2S/c1-9(10(12)17)11(16)14-4-2-3-13(5-6-14)7-8-15/h9,15H,2-8H2,1H3,(H2,12,17). The zero-order valence-electron chi connectivity index (χ0n) is 10.3. The molecule has 0 saturated carbocycles. The highest BCUT2D eigenvalue weighted by molar-refractivity contribution is 7.80. The Kier molecular flexibility index (Phi) is 5.80. The van der Waals surface area contributed by atoms with E-state index in [1.807, 2.05) is 4.90 Å². The molecular formula is C11H21N3O2S.